The first-order valence-electron chi connectivity index (χ1n) is 5.68. The van der Waals surface area contributed by atoms with Crippen LogP contribution in [-0.4, -0.2) is 17.6 Å². The number of nitrogens with zero attached hydrogens (tertiary/aromatic N) is 1. The van der Waals surface area contributed by atoms with E-state index in [2.05, 4.69) is 4.98 Å². The fourth-order valence-corrected chi connectivity index (χ4v) is 1.57. The van der Waals surface area contributed by atoms with Gasteiger partial charge in [0, 0.05) is 24.5 Å². The van der Waals surface area contributed by atoms with Crippen LogP contribution in [0, 0.1) is 0 Å². The highest BCUT2D eigenvalue weighted by Crippen LogP contribution is 2.11. The third-order valence-electron chi connectivity index (χ3n) is 2.53. The van der Waals surface area contributed by atoms with E-state index < -0.39 is 5.97 Å². The minimum atomic E-state index is -0.392. The first-order chi connectivity index (χ1) is 8.77. The highest BCUT2D eigenvalue weighted by molar-refractivity contribution is 5.94. The van der Waals surface area contributed by atoms with Gasteiger partial charge >= 0.3 is 5.97 Å². The van der Waals surface area contributed by atoms with Crippen LogP contribution in [0.2, 0.25) is 0 Å². The summed E-state index contributed by atoms with van der Waals surface area (Å²) < 4.78 is 5.17. The molecular weight excluding hydrogens is 228 g/mol. The molecule has 0 aliphatic heterocycles. The molecule has 4 heteroatoms. The second-order valence-electron chi connectivity index (χ2n) is 3.83. The number of para-hydroxylation sites is 1. The predicted molar refractivity (Wildman–Crippen MR) is 69.1 cm³/mol. The average molecular weight is 242 g/mol. The summed E-state index contributed by atoms with van der Waals surface area (Å²) in [5, 5.41) is 0. The fraction of sp³-hybridized carbons (Fsp3) is 0.143. The Labute approximate surface area is 105 Å². The lowest BCUT2D eigenvalue weighted by molar-refractivity contribution is 0.0510. The molecule has 1 aromatic carbocycles. The Bertz CT molecular complexity index is 526. The Morgan fingerprint density at radius 2 is 2.06 bits per heavy atom. The van der Waals surface area contributed by atoms with E-state index in [4.69, 9.17) is 10.5 Å². The lowest BCUT2D eigenvalue weighted by atomic mass is 10.2. The zero-order valence-corrected chi connectivity index (χ0v) is 9.87. The molecule has 0 saturated heterocycles. The van der Waals surface area contributed by atoms with E-state index in [9.17, 15) is 4.79 Å². The zero-order chi connectivity index (χ0) is 12.8. The van der Waals surface area contributed by atoms with E-state index in [1.807, 2.05) is 12.1 Å². The molecule has 0 atom stereocenters. The Hall–Kier alpha value is -2.36. The minimum Gasteiger partial charge on any atom is -0.462 e. The van der Waals surface area contributed by atoms with Crippen LogP contribution in [0.25, 0.3) is 0 Å². The summed E-state index contributed by atoms with van der Waals surface area (Å²) in [7, 11) is 0. The number of esters is 1. The number of nitrogen functional groups attached to an aromatic ring is 1. The maximum absolute atomic E-state index is 11.7. The van der Waals surface area contributed by atoms with E-state index in [1.165, 1.54) is 0 Å². The number of pyridine rings is 1. The summed E-state index contributed by atoms with van der Waals surface area (Å²) in [5.41, 5.74) is 7.57. The predicted octanol–water partition coefficient (Wildman–Crippen LogP) is 2.06. The summed E-state index contributed by atoms with van der Waals surface area (Å²) in [4.78, 5) is 15.7. The SMILES string of the molecule is Nc1ccccc1C(=O)OCCc1cccnc1. The van der Waals surface area contributed by atoms with Crippen molar-refractivity contribution >= 4 is 11.7 Å². The molecular formula is C14H14N2O2. The van der Waals surface area contributed by atoms with Crippen LogP contribution in [0.1, 0.15) is 15.9 Å². The van der Waals surface area contributed by atoms with Crippen molar-refractivity contribution in [3.63, 3.8) is 0 Å². The molecule has 0 aliphatic carbocycles. The summed E-state index contributed by atoms with van der Waals surface area (Å²) in [6, 6.07) is 10.7. The van der Waals surface area contributed by atoms with Crippen molar-refractivity contribution in [2.45, 2.75) is 6.42 Å². The van der Waals surface area contributed by atoms with E-state index in [0.717, 1.165) is 5.56 Å². The van der Waals surface area contributed by atoms with Gasteiger partial charge in [-0.2, -0.15) is 0 Å². The molecule has 1 heterocycles. The van der Waals surface area contributed by atoms with Crippen LogP contribution in [0.4, 0.5) is 5.69 Å². The van der Waals surface area contributed by atoms with Gasteiger partial charge in [0.15, 0.2) is 0 Å². The fourth-order valence-electron chi connectivity index (χ4n) is 1.57. The maximum atomic E-state index is 11.7. The Morgan fingerprint density at radius 3 is 2.78 bits per heavy atom. The first-order valence-corrected chi connectivity index (χ1v) is 5.68. The van der Waals surface area contributed by atoms with Crippen molar-refractivity contribution in [2.24, 2.45) is 0 Å². The topological polar surface area (TPSA) is 65.2 Å². The minimum absolute atomic E-state index is 0.318. The van der Waals surface area contributed by atoms with Crippen molar-refractivity contribution in [1.82, 2.24) is 4.98 Å². The molecule has 0 aliphatic rings. The number of rotatable bonds is 4. The van der Waals surface area contributed by atoms with Gasteiger partial charge in [0.2, 0.25) is 0 Å². The molecule has 0 unspecified atom stereocenters. The normalized spacial score (nSPS) is 10.0. The maximum Gasteiger partial charge on any atom is 0.340 e. The van der Waals surface area contributed by atoms with E-state index in [0.29, 0.717) is 24.3 Å². The van der Waals surface area contributed by atoms with Gasteiger partial charge in [-0.15, -0.1) is 0 Å². The molecule has 2 aromatic rings. The van der Waals surface area contributed by atoms with Gasteiger partial charge in [-0.1, -0.05) is 18.2 Å². The Morgan fingerprint density at radius 1 is 1.22 bits per heavy atom. The lowest BCUT2D eigenvalue weighted by Gasteiger charge is -2.06. The van der Waals surface area contributed by atoms with Gasteiger partial charge in [-0.05, 0) is 23.8 Å². The molecule has 0 spiro atoms. The third-order valence-corrected chi connectivity index (χ3v) is 2.53. The van der Waals surface area contributed by atoms with Crippen LogP contribution in [0.3, 0.4) is 0 Å². The van der Waals surface area contributed by atoms with Crippen LogP contribution in [0.5, 0.6) is 0 Å². The Balaban J connectivity index is 1.88. The smallest absolute Gasteiger partial charge is 0.340 e. The molecule has 0 fully saturated rings. The highest BCUT2D eigenvalue weighted by Gasteiger charge is 2.09. The zero-order valence-electron chi connectivity index (χ0n) is 9.87. The van der Waals surface area contributed by atoms with E-state index >= 15 is 0 Å². The largest absolute Gasteiger partial charge is 0.462 e. The molecule has 0 radical (unpaired) electrons. The number of carbonyl (C=O) groups is 1. The molecule has 0 amide bonds. The van der Waals surface area contributed by atoms with Crippen molar-refractivity contribution in [2.75, 3.05) is 12.3 Å². The number of anilines is 1. The quantitative estimate of drug-likeness (QED) is 0.658. The molecule has 1 aromatic heterocycles. The van der Waals surface area contributed by atoms with Crippen LogP contribution < -0.4 is 5.73 Å². The van der Waals surface area contributed by atoms with Gasteiger partial charge < -0.3 is 10.5 Å². The second kappa shape index (κ2) is 5.82. The van der Waals surface area contributed by atoms with Crippen LogP contribution in [-0.2, 0) is 11.2 Å². The number of benzene rings is 1. The van der Waals surface area contributed by atoms with Crippen LogP contribution in [0.15, 0.2) is 48.8 Å². The second-order valence-corrected chi connectivity index (χ2v) is 3.83. The molecule has 0 bridgehead atoms. The molecule has 2 rings (SSSR count). The average Bonchev–Trinajstić information content (AvgIpc) is 2.40. The first kappa shape index (κ1) is 12.1. The van der Waals surface area contributed by atoms with Crippen molar-refractivity contribution in [1.29, 1.82) is 0 Å². The summed E-state index contributed by atoms with van der Waals surface area (Å²) >= 11 is 0. The highest BCUT2D eigenvalue weighted by atomic mass is 16.5. The van der Waals surface area contributed by atoms with Gasteiger partial charge in [0.05, 0.1) is 12.2 Å². The summed E-state index contributed by atoms with van der Waals surface area (Å²) in [6.45, 7) is 0.318. The van der Waals surface area contributed by atoms with Gasteiger partial charge in [0.1, 0.15) is 0 Å². The standard InChI is InChI=1S/C14H14N2O2/c15-13-6-2-1-5-12(13)14(17)18-9-7-11-4-3-8-16-10-11/h1-6,8,10H,7,9,15H2. The van der Waals surface area contributed by atoms with Crippen molar-refractivity contribution in [3.8, 4) is 0 Å². The summed E-state index contributed by atoms with van der Waals surface area (Å²) in [6.07, 6.45) is 4.11. The Kier molecular flexibility index (Phi) is 3.91. The van der Waals surface area contributed by atoms with E-state index in [-0.39, 0.29) is 0 Å². The van der Waals surface area contributed by atoms with Crippen molar-refractivity contribution in [3.05, 3.63) is 59.9 Å². The molecule has 4 nitrogen and oxygen atoms in total. The van der Waals surface area contributed by atoms with Gasteiger partial charge in [-0.3, -0.25) is 4.98 Å². The monoisotopic (exact) mass is 242 g/mol. The molecule has 2 N–H and O–H groups in total. The van der Waals surface area contributed by atoms with Crippen molar-refractivity contribution < 1.29 is 9.53 Å². The number of ether oxygens (including phenoxy) is 1. The number of hydrogen-bond donors (Lipinski definition) is 1. The van der Waals surface area contributed by atoms with Gasteiger partial charge in [0.25, 0.3) is 0 Å². The number of hydrogen-bond acceptors (Lipinski definition) is 4. The third kappa shape index (κ3) is 3.07. The molecule has 92 valence electrons. The summed E-state index contributed by atoms with van der Waals surface area (Å²) in [5.74, 6) is -0.392. The number of nitrogens with two attached hydrogens (primary N) is 1. The molecule has 0 saturated carbocycles. The lowest BCUT2D eigenvalue weighted by Crippen LogP contribution is -2.10. The van der Waals surface area contributed by atoms with Crippen LogP contribution >= 0.6 is 0 Å². The van der Waals surface area contributed by atoms with E-state index in [1.54, 1.807) is 36.7 Å². The number of carbonyl (C=O) groups excluding carboxylic acids is 1. The molecule has 18 heavy (non-hydrogen) atoms. The number of aromatic nitrogens is 1. The van der Waals surface area contributed by atoms with Gasteiger partial charge in [-0.25, -0.2) is 4.79 Å².